The van der Waals surface area contributed by atoms with Gasteiger partial charge in [0.1, 0.15) is 12.1 Å². The molecule has 0 saturated heterocycles. The topological polar surface area (TPSA) is 175 Å². The van der Waals surface area contributed by atoms with Crippen LogP contribution >= 0.6 is 0 Å². The number of rotatable bonds is 11. The summed E-state index contributed by atoms with van der Waals surface area (Å²) < 4.78 is 0. The predicted octanol–water partition coefficient (Wildman–Crippen LogP) is 0.613. The van der Waals surface area contributed by atoms with E-state index in [2.05, 4.69) is 15.6 Å². The number of H-pyrrole nitrogens is 1. The Kier molecular flexibility index (Phi) is 8.14. The molecule has 31 heavy (non-hydrogen) atoms. The van der Waals surface area contributed by atoms with Gasteiger partial charge in [-0.3, -0.25) is 14.4 Å². The first-order chi connectivity index (χ1) is 14.6. The molecule has 7 N–H and O–H groups in total. The molecule has 168 valence electrons. The van der Waals surface area contributed by atoms with Crippen LogP contribution < -0.4 is 16.4 Å². The zero-order chi connectivity index (χ0) is 23.1. The third kappa shape index (κ3) is 6.82. The van der Waals surface area contributed by atoms with Crippen molar-refractivity contribution < 1.29 is 29.4 Å². The number of nitrogens with two attached hydrogens (primary N) is 1. The van der Waals surface area contributed by atoms with Crippen molar-refractivity contribution in [3.05, 3.63) is 36.0 Å². The van der Waals surface area contributed by atoms with Crippen LogP contribution in [0.2, 0.25) is 0 Å². The lowest BCUT2D eigenvalue weighted by Crippen LogP contribution is -2.55. The van der Waals surface area contributed by atoms with Gasteiger partial charge in [0, 0.05) is 23.5 Å². The van der Waals surface area contributed by atoms with Crippen LogP contribution in [0.15, 0.2) is 30.5 Å². The first-order valence-corrected chi connectivity index (χ1v) is 9.94. The quantitative estimate of drug-likeness (QED) is 0.301. The molecule has 0 radical (unpaired) electrons. The molecule has 1 aromatic carbocycles. The average Bonchev–Trinajstić information content (AvgIpc) is 3.08. The summed E-state index contributed by atoms with van der Waals surface area (Å²) in [6.45, 7) is 3.68. The van der Waals surface area contributed by atoms with Crippen molar-refractivity contribution in [1.82, 2.24) is 15.6 Å². The van der Waals surface area contributed by atoms with Crippen molar-refractivity contribution in [3.63, 3.8) is 0 Å². The van der Waals surface area contributed by atoms with E-state index in [1.165, 1.54) is 0 Å². The maximum atomic E-state index is 12.8. The number of fused-ring (bicyclic) bond motifs is 1. The number of aromatic nitrogens is 1. The lowest BCUT2D eigenvalue weighted by molar-refractivity contribution is -0.142. The van der Waals surface area contributed by atoms with Crippen LogP contribution in [0.1, 0.15) is 32.3 Å². The van der Waals surface area contributed by atoms with Gasteiger partial charge in [-0.25, -0.2) is 4.79 Å². The number of carbonyl (C=O) groups is 4. The molecule has 0 aliphatic carbocycles. The second kappa shape index (κ2) is 10.6. The zero-order valence-electron chi connectivity index (χ0n) is 17.4. The molecular formula is C21H28N4O6. The van der Waals surface area contributed by atoms with Gasteiger partial charge in [0.05, 0.1) is 12.5 Å². The van der Waals surface area contributed by atoms with Gasteiger partial charge in [0.15, 0.2) is 0 Å². The highest BCUT2D eigenvalue weighted by Crippen LogP contribution is 2.19. The number of benzene rings is 1. The highest BCUT2D eigenvalue weighted by Gasteiger charge is 2.29. The van der Waals surface area contributed by atoms with Gasteiger partial charge in [-0.15, -0.1) is 0 Å². The van der Waals surface area contributed by atoms with Crippen molar-refractivity contribution in [1.29, 1.82) is 0 Å². The van der Waals surface area contributed by atoms with Crippen LogP contribution in [-0.2, 0) is 25.6 Å². The third-order valence-electron chi connectivity index (χ3n) is 4.78. The van der Waals surface area contributed by atoms with Gasteiger partial charge in [-0.1, -0.05) is 32.0 Å². The van der Waals surface area contributed by atoms with E-state index in [9.17, 15) is 24.3 Å². The summed E-state index contributed by atoms with van der Waals surface area (Å²) in [4.78, 5) is 50.6. The monoisotopic (exact) mass is 432 g/mol. The Morgan fingerprint density at radius 3 is 2.29 bits per heavy atom. The summed E-state index contributed by atoms with van der Waals surface area (Å²) in [6.07, 6.45) is 1.40. The van der Waals surface area contributed by atoms with E-state index < -0.39 is 48.3 Å². The summed E-state index contributed by atoms with van der Waals surface area (Å²) in [7, 11) is 0. The Morgan fingerprint density at radius 1 is 1.03 bits per heavy atom. The maximum absolute atomic E-state index is 12.8. The summed E-state index contributed by atoms with van der Waals surface area (Å²) >= 11 is 0. The minimum Gasteiger partial charge on any atom is -0.481 e. The smallest absolute Gasteiger partial charge is 0.326 e. The molecule has 3 atom stereocenters. The number of aromatic amines is 1. The van der Waals surface area contributed by atoms with Crippen LogP contribution in [0.4, 0.5) is 0 Å². The summed E-state index contributed by atoms with van der Waals surface area (Å²) in [5, 5.41) is 24.2. The standard InChI is InChI=1S/C21H28N4O6/c1-11(2)7-16(24-19(28)14(22)9-18(26)27)20(29)25-17(21(30)31)8-12-10-23-15-6-4-3-5-13(12)15/h3-6,10-11,14,16-17,23H,7-9,22H2,1-2H3,(H,24,28)(H,25,29)(H,26,27)(H,30,31). The van der Waals surface area contributed by atoms with Crippen molar-refractivity contribution in [2.75, 3.05) is 0 Å². The van der Waals surface area contributed by atoms with Gasteiger partial charge in [-0.2, -0.15) is 0 Å². The fourth-order valence-corrected chi connectivity index (χ4v) is 3.26. The van der Waals surface area contributed by atoms with E-state index in [0.29, 0.717) is 0 Å². The molecule has 1 heterocycles. The van der Waals surface area contributed by atoms with E-state index in [1.807, 2.05) is 38.1 Å². The first kappa shape index (κ1) is 23.9. The van der Waals surface area contributed by atoms with Crippen LogP contribution in [0.3, 0.4) is 0 Å². The first-order valence-electron chi connectivity index (χ1n) is 9.94. The Hall–Kier alpha value is -3.40. The van der Waals surface area contributed by atoms with Gasteiger partial charge in [-0.05, 0) is 24.0 Å². The number of carboxylic acids is 2. The lowest BCUT2D eigenvalue weighted by atomic mass is 10.0. The molecule has 2 aromatic rings. The third-order valence-corrected chi connectivity index (χ3v) is 4.78. The number of para-hydroxylation sites is 1. The second-order valence-corrected chi connectivity index (χ2v) is 7.86. The van der Waals surface area contributed by atoms with E-state index in [1.54, 1.807) is 6.20 Å². The Labute approximate surface area is 179 Å². The SMILES string of the molecule is CC(C)CC(NC(=O)C(N)CC(=O)O)C(=O)NC(Cc1c[nH]c2ccccc12)C(=O)O. The van der Waals surface area contributed by atoms with Crippen molar-refractivity contribution in [3.8, 4) is 0 Å². The molecule has 2 amide bonds. The van der Waals surface area contributed by atoms with E-state index in [-0.39, 0.29) is 18.8 Å². The summed E-state index contributed by atoms with van der Waals surface area (Å²) in [5.74, 6) is -3.90. The van der Waals surface area contributed by atoms with Crippen molar-refractivity contribution in [2.45, 2.75) is 51.2 Å². The molecule has 0 aliphatic heterocycles. The van der Waals surface area contributed by atoms with E-state index in [0.717, 1.165) is 16.5 Å². The number of hydrogen-bond acceptors (Lipinski definition) is 5. The summed E-state index contributed by atoms with van der Waals surface area (Å²) in [5.41, 5.74) is 7.15. The molecule has 0 saturated carbocycles. The number of hydrogen-bond donors (Lipinski definition) is 6. The molecule has 10 heteroatoms. The number of carbonyl (C=O) groups excluding carboxylic acids is 2. The van der Waals surface area contributed by atoms with Gasteiger partial charge in [0.25, 0.3) is 0 Å². The number of amides is 2. The molecular weight excluding hydrogens is 404 g/mol. The largest absolute Gasteiger partial charge is 0.481 e. The van der Waals surface area contributed by atoms with Crippen molar-refractivity contribution >= 4 is 34.7 Å². The number of carboxylic acid groups (broad SMARTS) is 2. The number of nitrogens with one attached hydrogen (secondary N) is 3. The van der Waals surface area contributed by atoms with Gasteiger partial charge >= 0.3 is 11.9 Å². The van der Waals surface area contributed by atoms with Crippen LogP contribution in [0.5, 0.6) is 0 Å². The van der Waals surface area contributed by atoms with Crippen LogP contribution in [0.25, 0.3) is 10.9 Å². The molecule has 0 fully saturated rings. The Bertz CT molecular complexity index is 954. The van der Waals surface area contributed by atoms with Gasteiger partial charge < -0.3 is 31.6 Å². The minimum atomic E-state index is -1.32. The van der Waals surface area contributed by atoms with E-state index >= 15 is 0 Å². The van der Waals surface area contributed by atoms with Crippen LogP contribution in [0, 0.1) is 5.92 Å². The highest BCUT2D eigenvalue weighted by molar-refractivity contribution is 5.93. The van der Waals surface area contributed by atoms with Gasteiger partial charge in [0.2, 0.25) is 11.8 Å². The normalized spacial score (nSPS) is 14.1. The second-order valence-electron chi connectivity index (χ2n) is 7.86. The fraction of sp³-hybridized carbons (Fsp3) is 0.429. The van der Waals surface area contributed by atoms with Crippen molar-refractivity contribution in [2.24, 2.45) is 11.7 Å². The lowest BCUT2D eigenvalue weighted by Gasteiger charge is -2.24. The molecule has 0 spiro atoms. The Balaban J connectivity index is 2.13. The fourth-order valence-electron chi connectivity index (χ4n) is 3.26. The minimum absolute atomic E-state index is 0.00337. The molecule has 3 unspecified atom stereocenters. The van der Waals surface area contributed by atoms with E-state index in [4.69, 9.17) is 10.8 Å². The predicted molar refractivity (Wildman–Crippen MR) is 113 cm³/mol. The zero-order valence-corrected chi connectivity index (χ0v) is 17.4. The highest BCUT2D eigenvalue weighted by atomic mass is 16.4. The number of aliphatic carboxylic acids is 2. The Morgan fingerprint density at radius 2 is 1.68 bits per heavy atom. The molecule has 1 aromatic heterocycles. The van der Waals surface area contributed by atoms with Crippen LogP contribution in [-0.4, -0.2) is 57.1 Å². The maximum Gasteiger partial charge on any atom is 0.326 e. The summed E-state index contributed by atoms with van der Waals surface area (Å²) in [6, 6.07) is 3.83. The molecule has 2 rings (SSSR count). The molecule has 0 aliphatic rings. The average molecular weight is 432 g/mol. The molecule has 0 bridgehead atoms. The molecule has 10 nitrogen and oxygen atoms in total.